The third-order valence-electron chi connectivity index (χ3n) is 7.89. The lowest BCUT2D eigenvalue weighted by Gasteiger charge is -2.57. The first kappa shape index (κ1) is 25.2. The zero-order valence-corrected chi connectivity index (χ0v) is 22.2. The van der Waals surface area contributed by atoms with Gasteiger partial charge in [-0.2, -0.15) is 4.31 Å². The van der Waals surface area contributed by atoms with Crippen LogP contribution in [0.2, 0.25) is 0 Å². The van der Waals surface area contributed by atoms with Crippen molar-refractivity contribution >= 4 is 10.0 Å². The van der Waals surface area contributed by atoms with Crippen LogP contribution in [-0.2, 0) is 10.0 Å². The molecule has 2 aliphatic rings. The van der Waals surface area contributed by atoms with E-state index < -0.39 is 10.0 Å². The van der Waals surface area contributed by atoms with Crippen molar-refractivity contribution in [1.82, 2.24) is 9.21 Å². The number of aliphatic hydroxyl groups excluding tert-OH is 1. The van der Waals surface area contributed by atoms with Gasteiger partial charge >= 0.3 is 0 Å². The molecule has 2 fully saturated rings. The first-order valence-corrected chi connectivity index (χ1v) is 14.3. The summed E-state index contributed by atoms with van der Waals surface area (Å²) < 4.78 is 29.0. The van der Waals surface area contributed by atoms with E-state index >= 15 is 0 Å². The van der Waals surface area contributed by atoms with Crippen molar-refractivity contribution in [3.63, 3.8) is 0 Å². The maximum atomic E-state index is 13.7. The maximum Gasteiger partial charge on any atom is 0.243 e. The molecule has 36 heavy (non-hydrogen) atoms. The molecule has 2 heterocycles. The second-order valence-electron chi connectivity index (χ2n) is 10.4. The van der Waals surface area contributed by atoms with E-state index in [2.05, 4.69) is 61.2 Å². The summed E-state index contributed by atoms with van der Waals surface area (Å²) in [7, 11) is -3.59. The highest BCUT2D eigenvalue weighted by Gasteiger charge is 2.50. The first-order valence-electron chi connectivity index (χ1n) is 12.9. The molecule has 6 heteroatoms. The van der Waals surface area contributed by atoms with Crippen LogP contribution in [0.5, 0.6) is 0 Å². The highest BCUT2D eigenvalue weighted by Crippen LogP contribution is 2.43. The van der Waals surface area contributed by atoms with Crippen LogP contribution in [0.25, 0.3) is 11.1 Å². The molecule has 2 saturated heterocycles. The van der Waals surface area contributed by atoms with Gasteiger partial charge in [0.2, 0.25) is 10.0 Å². The Labute approximate surface area is 215 Å². The van der Waals surface area contributed by atoms with Gasteiger partial charge in [0.1, 0.15) is 0 Å². The van der Waals surface area contributed by atoms with Crippen molar-refractivity contribution < 1.29 is 13.5 Å². The summed E-state index contributed by atoms with van der Waals surface area (Å²) in [5, 5.41) is 10.3. The molecule has 0 aliphatic carbocycles. The molecule has 0 radical (unpaired) electrons. The normalized spacial score (nSPS) is 23.4. The van der Waals surface area contributed by atoms with Gasteiger partial charge in [0, 0.05) is 31.1 Å². The van der Waals surface area contributed by atoms with E-state index in [1.165, 1.54) is 22.3 Å². The van der Waals surface area contributed by atoms with Gasteiger partial charge in [0.15, 0.2) is 0 Å². The number of fused-ring (bicyclic) bond motifs is 1. The van der Waals surface area contributed by atoms with Crippen molar-refractivity contribution in [3.05, 3.63) is 89.0 Å². The summed E-state index contributed by atoms with van der Waals surface area (Å²) in [6.45, 7) is 8.03. The van der Waals surface area contributed by atoms with Gasteiger partial charge in [-0.3, -0.25) is 4.90 Å². The van der Waals surface area contributed by atoms with Gasteiger partial charge in [0.25, 0.3) is 0 Å². The number of hydrogen-bond acceptors (Lipinski definition) is 4. The molecule has 1 unspecified atom stereocenters. The highest BCUT2D eigenvalue weighted by molar-refractivity contribution is 7.89. The lowest BCUT2D eigenvalue weighted by Crippen LogP contribution is -2.67. The average Bonchev–Trinajstić information content (AvgIpc) is 2.83. The minimum absolute atomic E-state index is 0.0168. The van der Waals surface area contributed by atoms with Crippen molar-refractivity contribution in [1.29, 1.82) is 0 Å². The molecule has 0 spiro atoms. The van der Waals surface area contributed by atoms with Crippen molar-refractivity contribution in [2.75, 3.05) is 26.2 Å². The second kappa shape index (κ2) is 10.1. The molecular formula is C30H36N2O3S. The number of hydrogen-bond donors (Lipinski definition) is 1. The monoisotopic (exact) mass is 504 g/mol. The Kier molecular flexibility index (Phi) is 7.05. The minimum atomic E-state index is -3.59. The molecule has 5 nitrogen and oxygen atoms in total. The van der Waals surface area contributed by atoms with Crippen LogP contribution in [-0.4, -0.2) is 61.1 Å². The van der Waals surface area contributed by atoms with E-state index in [0.29, 0.717) is 18.0 Å². The maximum absolute atomic E-state index is 13.7. The van der Waals surface area contributed by atoms with Crippen LogP contribution in [0.15, 0.2) is 71.6 Å². The molecule has 3 aromatic carbocycles. The smallest absolute Gasteiger partial charge is 0.243 e. The Morgan fingerprint density at radius 3 is 2.19 bits per heavy atom. The predicted molar refractivity (Wildman–Crippen MR) is 145 cm³/mol. The van der Waals surface area contributed by atoms with E-state index in [-0.39, 0.29) is 24.6 Å². The number of sulfonamides is 1. The SMILES string of the molecule is Cc1cc(C)cc(-c2ccc([C@H]3C4CN(S(=O)(=O)c5ccccc5C)CCCCN4[C@@H]3CO)cc2)c1. The van der Waals surface area contributed by atoms with Crippen LogP contribution >= 0.6 is 0 Å². The number of aryl methyl sites for hydroxylation is 3. The largest absolute Gasteiger partial charge is 0.395 e. The number of rotatable bonds is 5. The van der Waals surface area contributed by atoms with Gasteiger partial charge in [0.05, 0.1) is 11.5 Å². The fraction of sp³-hybridized carbons (Fsp3) is 0.400. The van der Waals surface area contributed by atoms with Gasteiger partial charge in [-0.25, -0.2) is 8.42 Å². The fourth-order valence-corrected chi connectivity index (χ4v) is 7.87. The van der Waals surface area contributed by atoms with Gasteiger partial charge in [-0.15, -0.1) is 0 Å². The summed E-state index contributed by atoms with van der Waals surface area (Å²) in [5.41, 5.74) is 6.80. The highest BCUT2D eigenvalue weighted by atomic mass is 32.2. The number of aliphatic hydroxyl groups is 1. The van der Waals surface area contributed by atoms with Crippen LogP contribution in [0.3, 0.4) is 0 Å². The molecule has 3 aromatic rings. The summed E-state index contributed by atoms with van der Waals surface area (Å²) in [6, 6.07) is 22.5. The lowest BCUT2D eigenvalue weighted by atomic mass is 9.74. The summed E-state index contributed by atoms with van der Waals surface area (Å²) >= 11 is 0. The molecule has 0 amide bonds. The van der Waals surface area contributed by atoms with E-state index in [1.54, 1.807) is 16.4 Å². The Hall–Kier alpha value is -2.51. The number of benzene rings is 3. The third-order valence-corrected chi connectivity index (χ3v) is 9.92. The molecule has 2 aliphatic heterocycles. The fourth-order valence-electron chi connectivity index (χ4n) is 6.15. The summed E-state index contributed by atoms with van der Waals surface area (Å²) in [6.07, 6.45) is 1.74. The Morgan fingerprint density at radius 2 is 1.53 bits per heavy atom. The molecule has 5 rings (SSSR count). The van der Waals surface area contributed by atoms with Crippen LogP contribution < -0.4 is 0 Å². The van der Waals surface area contributed by atoms with Crippen molar-refractivity contribution in [2.45, 2.75) is 56.5 Å². The van der Waals surface area contributed by atoms with E-state index in [9.17, 15) is 13.5 Å². The Balaban J connectivity index is 1.44. The molecule has 3 atom stereocenters. The zero-order chi connectivity index (χ0) is 25.4. The zero-order valence-electron chi connectivity index (χ0n) is 21.4. The molecule has 0 saturated carbocycles. The quantitative estimate of drug-likeness (QED) is 0.537. The number of nitrogens with zero attached hydrogens (tertiary/aromatic N) is 2. The minimum Gasteiger partial charge on any atom is -0.395 e. The summed E-state index contributed by atoms with van der Waals surface area (Å²) in [4.78, 5) is 2.71. The molecule has 190 valence electrons. The van der Waals surface area contributed by atoms with Gasteiger partial charge < -0.3 is 5.11 Å². The van der Waals surface area contributed by atoms with Crippen LogP contribution in [0.4, 0.5) is 0 Å². The van der Waals surface area contributed by atoms with Crippen LogP contribution in [0, 0.1) is 20.8 Å². The van der Waals surface area contributed by atoms with E-state index in [0.717, 1.165) is 30.5 Å². The standard InChI is InChI=1S/C30H36N2O3S/c1-21-16-22(2)18-26(17-21)24-10-12-25(13-11-24)30-27-19-31(14-6-7-15-32(27)28(30)20-33)36(34,35)29-9-5-4-8-23(29)3/h4-5,8-13,16-18,27-28,30,33H,6-7,14-15,19-20H2,1-3H3/t27?,28-,30+/m1/s1. The Bertz CT molecular complexity index is 1320. The first-order chi connectivity index (χ1) is 17.3. The third kappa shape index (κ3) is 4.63. The topological polar surface area (TPSA) is 60.9 Å². The van der Waals surface area contributed by atoms with Crippen molar-refractivity contribution in [3.8, 4) is 11.1 Å². The van der Waals surface area contributed by atoms with Crippen LogP contribution in [0.1, 0.15) is 41.0 Å². The molecule has 0 aromatic heterocycles. The lowest BCUT2D eigenvalue weighted by molar-refractivity contribution is -0.0553. The average molecular weight is 505 g/mol. The van der Waals surface area contributed by atoms with Crippen molar-refractivity contribution in [2.24, 2.45) is 0 Å². The second-order valence-corrected chi connectivity index (χ2v) is 12.3. The van der Waals surface area contributed by atoms with Gasteiger partial charge in [-0.05, 0) is 68.5 Å². The molecular weight excluding hydrogens is 468 g/mol. The molecule has 0 bridgehead atoms. The summed E-state index contributed by atoms with van der Waals surface area (Å²) in [5.74, 6) is 0.0935. The Morgan fingerprint density at radius 1 is 0.861 bits per heavy atom. The van der Waals surface area contributed by atoms with Gasteiger partial charge in [-0.1, -0.05) is 71.8 Å². The van der Waals surface area contributed by atoms with E-state index in [4.69, 9.17) is 0 Å². The predicted octanol–water partition coefficient (Wildman–Crippen LogP) is 4.89. The molecule has 1 N–H and O–H groups in total. The van der Waals surface area contributed by atoms with E-state index in [1.807, 2.05) is 19.1 Å².